The Morgan fingerprint density at radius 1 is 1.22 bits per heavy atom. The van der Waals surface area contributed by atoms with Gasteiger partial charge in [0, 0.05) is 23.8 Å². The number of allylic oxidation sites excluding steroid dienone is 1. The van der Waals surface area contributed by atoms with E-state index in [1.54, 1.807) is 0 Å². The quantitative estimate of drug-likeness (QED) is 0.769. The molecule has 0 aromatic heterocycles. The highest BCUT2D eigenvalue weighted by Gasteiger charge is 2.16. The molecule has 0 radical (unpaired) electrons. The Bertz CT molecular complexity index is 727. The van der Waals surface area contributed by atoms with Crippen molar-refractivity contribution in [1.82, 2.24) is 5.32 Å². The summed E-state index contributed by atoms with van der Waals surface area (Å²) < 4.78 is 0. The highest BCUT2D eigenvalue weighted by Crippen LogP contribution is 2.31. The van der Waals surface area contributed by atoms with Crippen molar-refractivity contribution in [3.8, 4) is 11.1 Å². The zero-order chi connectivity index (χ0) is 16.4. The summed E-state index contributed by atoms with van der Waals surface area (Å²) in [6, 6.07) is 13.8. The third kappa shape index (κ3) is 3.48. The zero-order valence-electron chi connectivity index (χ0n) is 14.2. The van der Waals surface area contributed by atoms with Crippen molar-refractivity contribution in [2.24, 2.45) is 0 Å². The maximum absolute atomic E-state index is 6.19. The molecule has 0 unspecified atom stereocenters. The summed E-state index contributed by atoms with van der Waals surface area (Å²) in [7, 11) is 0. The second-order valence-electron chi connectivity index (χ2n) is 6.74. The molecule has 23 heavy (non-hydrogen) atoms. The van der Waals surface area contributed by atoms with Gasteiger partial charge in [0.2, 0.25) is 0 Å². The second kappa shape index (κ2) is 6.59. The molecule has 0 bridgehead atoms. The van der Waals surface area contributed by atoms with E-state index in [1.807, 2.05) is 6.92 Å². The number of nitrogens with two attached hydrogens (primary N) is 1. The lowest BCUT2D eigenvalue weighted by Gasteiger charge is -2.26. The first-order valence-corrected chi connectivity index (χ1v) is 8.43. The fourth-order valence-electron chi connectivity index (χ4n) is 3.05. The number of benzene rings is 2. The van der Waals surface area contributed by atoms with E-state index in [-0.39, 0.29) is 0 Å². The molecule has 3 N–H and O–H groups in total. The predicted octanol–water partition coefficient (Wildman–Crippen LogP) is 4.92. The maximum Gasteiger partial charge on any atom is 0.0420 e. The predicted molar refractivity (Wildman–Crippen MR) is 100 cm³/mol. The van der Waals surface area contributed by atoms with Crippen LogP contribution in [0.5, 0.6) is 0 Å². The number of hydrogen-bond donors (Lipinski definition) is 2. The molecule has 2 nitrogen and oxygen atoms in total. The SMILES string of the molecule is C=C(C)c1cc(-c2cccc(CNC3CCC3)c2)cc(C)c1N. The minimum Gasteiger partial charge on any atom is -0.398 e. The first-order chi connectivity index (χ1) is 11.0. The van der Waals surface area contributed by atoms with Crippen LogP contribution < -0.4 is 11.1 Å². The number of rotatable bonds is 5. The number of anilines is 1. The van der Waals surface area contributed by atoms with Crippen LogP contribution in [0.1, 0.15) is 42.9 Å². The van der Waals surface area contributed by atoms with E-state index in [2.05, 4.69) is 55.2 Å². The Morgan fingerprint density at radius 2 is 2.00 bits per heavy atom. The Morgan fingerprint density at radius 3 is 2.65 bits per heavy atom. The van der Waals surface area contributed by atoms with Crippen molar-refractivity contribution in [2.45, 2.75) is 45.7 Å². The minimum atomic E-state index is 0.715. The highest BCUT2D eigenvalue weighted by atomic mass is 14.9. The Balaban J connectivity index is 1.87. The molecule has 0 aliphatic heterocycles. The van der Waals surface area contributed by atoms with E-state index >= 15 is 0 Å². The number of nitrogen functional groups attached to an aromatic ring is 1. The molecule has 0 atom stereocenters. The van der Waals surface area contributed by atoms with E-state index in [9.17, 15) is 0 Å². The summed E-state index contributed by atoms with van der Waals surface area (Å²) in [6.07, 6.45) is 4.00. The van der Waals surface area contributed by atoms with Gasteiger partial charge in [-0.05, 0) is 72.7 Å². The maximum atomic E-state index is 6.19. The van der Waals surface area contributed by atoms with Crippen molar-refractivity contribution in [1.29, 1.82) is 0 Å². The fourth-order valence-corrected chi connectivity index (χ4v) is 3.05. The summed E-state index contributed by atoms with van der Waals surface area (Å²) in [5, 5.41) is 3.63. The van der Waals surface area contributed by atoms with Gasteiger partial charge in [-0.3, -0.25) is 0 Å². The van der Waals surface area contributed by atoms with Crippen LogP contribution in [-0.4, -0.2) is 6.04 Å². The second-order valence-corrected chi connectivity index (χ2v) is 6.74. The molecule has 1 fully saturated rings. The molecule has 0 saturated heterocycles. The molecule has 0 amide bonds. The number of hydrogen-bond acceptors (Lipinski definition) is 2. The van der Waals surface area contributed by atoms with Crippen LogP contribution in [0.4, 0.5) is 5.69 Å². The van der Waals surface area contributed by atoms with Crippen molar-refractivity contribution in [3.05, 3.63) is 59.7 Å². The largest absolute Gasteiger partial charge is 0.398 e. The van der Waals surface area contributed by atoms with Gasteiger partial charge in [-0.1, -0.05) is 31.2 Å². The number of aryl methyl sites for hydroxylation is 1. The average Bonchev–Trinajstić information content (AvgIpc) is 2.48. The molecule has 2 aromatic rings. The van der Waals surface area contributed by atoms with Crippen LogP contribution in [0, 0.1) is 6.92 Å². The lowest BCUT2D eigenvalue weighted by atomic mass is 9.92. The van der Waals surface area contributed by atoms with E-state index in [0.29, 0.717) is 6.04 Å². The molecule has 120 valence electrons. The summed E-state index contributed by atoms with van der Waals surface area (Å²) in [6.45, 7) is 9.07. The molecule has 3 rings (SSSR count). The van der Waals surface area contributed by atoms with Crippen molar-refractivity contribution < 1.29 is 0 Å². The number of nitrogens with one attached hydrogen (secondary N) is 1. The van der Waals surface area contributed by atoms with E-state index < -0.39 is 0 Å². The molecule has 1 aliphatic rings. The zero-order valence-corrected chi connectivity index (χ0v) is 14.2. The van der Waals surface area contributed by atoms with E-state index in [4.69, 9.17) is 5.73 Å². The van der Waals surface area contributed by atoms with Gasteiger partial charge in [0.15, 0.2) is 0 Å². The molecular weight excluding hydrogens is 280 g/mol. The molecular formula is C21H26N2. The lowest BCUT2D eigenvalue weighted by molar-refractivity contribution is 0.338. The summed E-state index contributed by atoms with van der Waals surface area (Å²) >= 11 is 0. The van der Waals surface area contributed by atoms with Crippen LogP contribution in [0.15, 0.2) is 43.0 Å². The first kappa shape index (κ1) is 15.8. The van der Waals surface area contributed by atoms with Crippen LogP contribution in [0.2, 0.25) is 0 Å². The van der Waals surface area contributed by atoms with Gasteiger partial charge in [0.05, 0.1) is 0 Å². The highest BCUT2D eigenvalue weighted by molar-refractivity contribution is 5.80. The molecule has 2 heteroatoms. The van der Waals surface area contributed by atoms with Crippen LogP contribution in [0.25, 0.3) is 16.7 Å². The van der Waals surface area contributed by atoms with E-state index in [0.717, 1.165) is 28.9 Å². The minimum absolute atomic E-state index is 0.715. The van der Waals surface area contributed by atoms with Crippen LogP contribution in [0.3, 0.4) is 0 Å². The molecule has 0 heterocycles. The van der Waals surface area contributed by atoms with Gasteiger partial charge in [-0.2, -0.15) is 0 Å². The lowest BCUT2D eigenvalue weighted by Crippen LogP contribution is -2.34. The first-order valence-electron chi connectivity index (χ1n) is 8.43. The van der Waals surface area contributed by atoms with Gasteiger partial charge in [-0.25, -0.2) is 0 Å². The van der Waals surface area contributed by atoms with Crippen molar-refractivity contribution >= 4 is 11.3 Å². The van der Waals surface area contributed by atoms with Crippen LogP contribution in [-0.2, 0) is 6.54 Å². The van der Waals surface area contributed by atoms with Gasteiger partial charge in [0.1, 0.15) is 0 Å². The molecule has 2 aromatic carbocycles. The monoisotopic (exact) mass is 306 g/mol. The normalized spacial score (nSPS) is 14.5. The smallest absolute Gasteiger partial charge is 0.0420 e. The average molecular weight is 306 g/mol. The third-order valence-corrected chi connectivity index (χ3v) is 4.81. The van der Waals surface area contributed by atoms with Crippen molar-refractivity contribution in [3.63, 3.8) is 0 Å². The molecule has 0 spiro atoms. The fraction of sp³-hybridized carbons (Fsp3) is 0.333. The third-order valence-electron chi connectivity index (χ3n) is 4.81. The Hall–Kier alpha value is -2.06. The molecule has 1 saturated carbocycles. The van der Waals surface area contributed by atoms with Gasteiger partial charge in [-0.15, -0.1) is 0 Å². The Kier molecular flexibility index (Phi) is 4.53. The van der Waals surface area contributed by atoms with E-state index in [1.165, 1.54) is 36.0 Å². The topological polar surface area (TPSA) is 38.0 Å². The standard InChI is InChI=1S/C21H26N2/c1-14(2)20-12-18(10-15(3)21(20)22)17-7-4-6-16(11-17)13-23-19-8-5-9-19/h4,6-7,10-12,19,23H,1,5,8-9,13,22H2,2-3H3. The van der Waals surface area contributed by atoms with Gasteiger partial charge >= 0.3 is 0 Å². The summed E-state index contributed by atoms with van der Waals surface area (Å²) in [4.78, 5) is 0. The van der Waals surface area contributed by atoms with Crippen LogP contribution >= 0.6 is 0 Å². The van der Waals surface area contributed by atoms with Crippen molar-refractivity contribution in [2.75, 3.05) is 5.73 Å². The summed E-state index contributed by atoms with van der Waals surface area (Å²) in [5.74, 6) is 0. The summed E-state index contributed by atoms with van der Waals surface area (Å²) in [5.41, 5.74) is 14.0. The van der Waals surface area contributed by atoms with Gasteiger partial charge in [0.25, 0.3) is 0 Å². The van der Waals surface area contributed by atoms with Gasteiger partial charge < -0.3 is 11.1 Å². The molecule has 1 aliphatic carbocycles. The Labute approximate surface area is 139 Å².